The Labute approximate surface area is 111 Å². The summed E-state index contributed by atoms with van der Waals surface area (Å²) < 4.78 is 5.05. The van der Waals surface area contributed by atoms with Gasteiger partial charge in [0.1, 0.15) is 11.3 Å². The van der Waals surface area contributed by atoms with Gasteiger partial charge in [-0.05, 0) is 38.8 Å². The predicted molar refractivity (Wildman–Crippen MR) is 68.9 cm³/mol. The Morgan fingerprint density at radius 2 is 2.11 bits per heavy atom. The highest BCUT2D eigenvalue weighted by Gasteiger charge is 2.27. The Balaban J connectivity index is 1.99. The van der Waals surface area contributed by atoms with E-state index in [2.05, 4.69) is 5.32 Å². The average Bonchev–Trinajstić information content (AvgIpc) is 3.15. The number of rotatable bonds is 4. The van der Waals surface area contributed by atoms with Gasteiger partial charge in [-0.3, -0.25) is 4.79 Å². The molecule has 0 saturated heterocycles. The van der Waals surface area contributed by atoms with Crippen molar-refractivity contribution in [3.8, 4) is 5.75 Å². The molecule has 1 atom stereocenters. The van der Waals surface area contributed by atoms with E-state index in [-0.39, 0.29) is 23.3 Å². The van der Waals surface area contributed by atoms with Crippen molar-refractivity contribution in [2.75, 3.05) is 0 Å². The molecule has 0 bridgehead atoms. The summed E-state index contributed by atoms with van der Waals surface area (Å²) in [6.45, 7) is 3.32. The zero-order valence-electron chi connectivity index (χ0n) is 11.0. The van der Waals surface area contributed by atoms with Gasteiger partial charge in [0.25, 0.3) is 5.91 Å². The van der Waals surface area contributed by atoms with Crippen LogP contribution in [0.1, 0.15) is 35.7 Å². The molecule has 1 amide bonds. The fraction of sp³-hybridized carbons (Fsp3) is 0.429. The maximum Gasteiger partial charge on any atom is 0.342 e. The maximum absolute atomic E-state index is 11.9. The van der Waals surface area contributed by atoms with Crippen molar-refractivity contribution in [2.45, 2.75) is 38.8 Å². The first-order chi connectivity index (χ1) is 8.97. The molecule has 2 rings (SSSR count). The van der Waals surface area contributed by atoms with Gasteiger partial charge in [-0.2, -0.15) is 0 Å². The zero-order chi connectivity index (χ0) is 14.0. The number of esters is 1. The summed E-state index contributed by atoms with van der Waals surface area (Å²) in [4.78, 5) is 23.5. The molecule has 1 fully saturated rings. The second-order valence-electron chi connectivity index (χ2n) is 4.85. The lowest BCUT2D eigenvalue weighted by atomic mass is 10.1. The highest BCUT2D eigenvalue weighted by Crippen LogP contribution is 2.21. The minimum atomic E-state index is -0.868. The third-order valence-corrected chi connectivity index (χ3v) is 2.95. The Kier molecular flexibility index (Phi) is 3.74. The number of nitrogens with one attached hydrogen (secondary N) is 1. The van der Waals surface area contributed by atoms with Gasteiger partial charge >= 0.3 is 5.97 Å². The fourth-order valence-electron chi connectivity index (χ4n) is 1.64. The van der Waals surface area contributed by atoms with E-state index < -0.39 is 12.1 Å². The number of hydrogen-bond acceptors (Lipinski definition) is 4. The molecule has 2 N–H and O–H groups in total. The number of hydrogen-bond donors (Lipinski definition) is 2. The molecule has 1 aromatic carbocycles. The van der Waals surface area contributed by atoms with Crippen molar-refractivity contribution in [1.29, 1.82) is 0 Å². The first kappa shape index (κ1) is 13.4. The van der Waals surface area contributed by atoms with E-state index in [1.54, 1.807) is 13.0 Å². The molecule has 0 heterocycles. The highest BCUT2D eigenvalue weighted by molar-refractivity contribution is 5.94. The minimum Gasteiger partial charge on any atom is -0.507 e. The number of carbonyl (C=O) groups excluding carboxylic acids is 2. The number of phenols is 1. The Morgan fingerprint density at radius 3 is 2.74 bits per heavy atom. The van der Waals surface area contributed by atoms with Crippen LogP contribution in [0.5, 0.6) is 5.75 Å². The molecular formula is C14H17NO4. The van der Waals surface area contributed by atoms with Crippen molar-refractivity contribution in [2.24, 2.45) is 0 Å². The summed E-state index contributed by atoms with van der Waals surface area (Å²) in [5.74, 6) is -1.15. The fourth-order valence-corrected chi connectivity index (χ4v) is 1.64. The monoisotopic (exact) mass is 263 g/mol. The first-order valence-electron chi connectivity index (χ1n) is 6.28. The number of benzene rings is 1. The van der Waals surface area contributed by atoms with Gasteiger partial charge in [0.15, 0.2) is 6.10 Å². The van der Waals surface area contributed by atoms with Crippen LogP contribution in [0.25, 0.3) is 0 Å². The van der Waals surface area contributed by atoms with E-state index in [0.717, 1.165) is 18.4 Å². The SMILES string of the molecule is Cc1ccc(O)c(C(=O)O[C@H](C)C(=O)NC2CC2)c1. The number of ether oxygens (including phenoxy) is 1. The lowest BCUT2D eigenvalue weighted by Gasteiger charge is -2.13. The van der Waals surface area contributed by atoms with Crippen LogP contribution < -0.4 is 5.32 Å². The van der Waals surface area contributed by atoms with Gasteiger partial charge in [-0.15, -0.1) is 0 Å². The predicted octanol–water partition coefficient (Wildman–Crippen LogP) is 1.52. The Hall–Kier alpha value is -2.04. The summed E-state index contributed by atoms with van der Waals surface area (Å²) in [6, 6.07) is 4.88. The van der Waals surface area contributed by atoms with Crippen LogP contribution in [0, 0.1) is 6.92 Å². The normalized spacial score (nSPS) is 15.7. The van der Waals surface area contributed by atoms with Crippen molar-refractivity contribution < 1.29 is 19.4 Å². The second-order valence-corrected chi connectivity index (χ2v) is 4.85. The van der Waals surface area contributed by atoms with E-state index in [0.29, 0.717) is 0 Å². The molecule has 19 heavy (non-hydrogen) atoms. The highest BCUT2D eigenvalue weighted by atomic mass is 16.5. The van der Waals surface area contributed by atoms with Gasteiger partial charge in [0.2, 0.25) is 0 Å². The van der Waals surface area contributed by atoms with Crippen molar-refractivity contribution >= 4 is 11.9 Å². The summed E-state index contributed by atoms with van der Waals surface area (Å²) in [7, 11) is 0. The van der Waals surface area contributed by atoms with E-state index in [1.807, 2.05) is 0 Å². The van der Waals surface area contributed by atoms with Crippen LogP contribution in [-0.2, 0) is 9.53 Å². The number of phenolic OH excluding ortho intramolecular Hbond substituents is 1. The standard InChI is InChI=1S/C14H17NO4/c1-8-3-6-12(16)11(7-8)14(18)19-9(2)13(17)15-10-4-5-10/h3,6-7,9-10,16H,4-5H2,1-2H3,(H,15,17)/t9-/m1/s1. The molecule has 5 heteroatoms. The number of aromatic hydroxyl groups is 1. The van der Waals surface area contributed by atoms with E-state index in [4.69, 9.17) is 4.74 Å². The van der Waals surface area contributed by atoms with Crippen LogP contribution in [0.15, 0.2) is 18.2 Å². The van der Waals surface area contributed by atoms with Crippen molar-refractivity contribution in [3.63, 3.8) is 0 Å². The Bertz CT molecular complexity index is 508. The van der Waals surface area contributed by atoms with Gasteiger partial charge in [-0.25, -0.2) is 4.79 Å². The summed E-state index contributed by atoms with van der Waals surface area (Å²) in [6.07, 6.45) is 1.09. The van der Waals surface area contributed by atoms with Crippen LogP contribution in [-0.4, -0.2) is 29.1 Å². The molecule has 102 valence electrons. The molecule has 0 aromatic heterocycles. The molecule has 1 aromatic rings. The van der Waals surface area contributed by atoms with Gasteiger partial charge < -0.3 is 15.2 Å². The van der Waals surface area contributed by atoms with Crippen molar-refractivity contribution in [1.82, 2.24) is 5.32 Å². The minimum absolute atomic E-state index is 0.0751. The molecule has 0 radical (unpaired) electrons. The van der Waals surface area contributed by atoms with Crippen LogP contribution in [0.2, 0.25) is 0 Å². The Morgan fingerprint density at radius 1 is 1.42 bits per heavy atom. The van der Waals surface area contributed by atoms with Crippen molar-refractivity contribution in [3.05, 3.63) is 29.3 Å². The van der Waals surface area contributed by atoms with Crippen LogP contribution >= 0.6 is 0 Å². The smallest absolute Gasteiger partial charge is 0.342 e. The largest absolute Gasteiger partial charge is 0.507 e. The summed E-state index contributed by atoms with van der Waals surface area (Å²) in [5, 5.41) is 12.4. The zero-order valence-corrected chi connectivity index (χ0v) is 11.0. The van der Waals surface area contributed by atoms with Gasteiger partial charge in [-0.1, -0.05) is 11.6 Å². The molecule has 1 aliphatic rings. The molecule has 5 nitrogen and oxygen atoms in total. The maximum atomic E-state index is 11.9. The van der Waals surface area contributed by atoms with Gasteiger partial charge in [0, 0.05) is 6.04 Å². The van der Waals surface area contributed by atoms with Crippen LogP contribution in [0.3, 0.4) is 0 Å². The molecule has 0 aliphatic heterocycles. The van der Waals surface area contributed by atoms with E-state index in [9.17, 15) is 14.7 Å². The van der Waals surface area contributed by atoms with Gasteiger partial charge in [0.05, 0.1) is 0 Å². The number of amides is 1. The first-order valence-corrected chi connectivity index (χ1v) is 6.28. The third kappa shape index (κ3) is 3.47. The third-order valence-electron chi connectivity index (χ3n) is 2.95. The molecule has 1 saturated carbocycles. The van der Waals surface area contributed by atoms with E-state index >= 15 is 0 Å². The lowest BCUT2D eigenvalue weighted by Crippen LogP contribution is -2.37. The molecule has 0 unspecified atom stereocenters. The van der Waals surface area contributed by atoms with Crippen LogP contribution in [0.4, 0.5) is 0 Å². The van der Waals surface area contributed by atoms with E-state index in [1.165, 1.54) is 19.1 Å². The molecular weight excluding hydrogens is 246 g/mol. The number of carbonyl (C=O) groups is 2. The average molecular weight is 263 g/mol. The number of aryl methyl sites for hydroxylation is 1. The quantitative estimate of drug-likeness (QED) is 0.808. The molecule has 0 spiro atoms. The summed E-state index contributed by atoms with van der Waals surface area (Å²) >= 11 is 0. The second kappa shape index (κ2) is 5.30. The summed E-state index contributed by atoms with van der Waals surface area (Å²) in [5.41, 5.74) is 0.908. The lowest BCUT2D eigenvalue weighted by molar-refractivity contribution is -0.129. The topological polar surface area (TPSA) is 75.6 Å². The molecule has 1 aliphatic carbocycles.